The Hall–Kier alpha value is -3.88. The van der Waals surface area contributed by atoms with Crippen molar-refractivity contribution in [3.05, 3.63) is 96.2 Å². The zero-order valence-electron chi connectivity index (χ0n) is 33.4. The fraction of sp³-hybridized carbons (Fsp3) is 0.465. The fourth-order valence-corrected chi connectivity index (χ4v) is 13.1. The molecule has 2 aromatic carbocycles. The van der Waals surface area contributed by atoms with Gasteiger partial charge in [-0.05, 0) is 70.8 Å². The standard InChI is InChI=1S/C43H60N6O3Si2/c1-33-30-50-25-24-48(33)41-28-38(39(29-44)42(47-41)46-40-22-23-45-49(40)32-51-26-27-53(5,6)7)35-20-18-34(19-21-35)31-52-54(43(2,3)4,36-14-10-8-11-15-36)37-16-12-9-13-17-37/h8-17,20,22-23,28-29,33-34,44H,18-19,21,24-27,30-32H2,1-7H3,(H,46,47)/t33-,34?/m1/s1. The van der Waals surface area contributed by atoms with E-state index in [4.69, 9.17) is 24.3 Å². The Morgan fingerprint density at radius 2 is 1.72 bits per heavy atom. The van der Waals surface area contributed by atoms with Crippen LogP contribution in [0.2, 0.25) is 30.7 Å². The second-order valence-electron chi connectivity index (χ2n) is 17.1. The van der Waals surface area contributed by atoms with E-state index < -0.39 is 16.4 Å². The van der Waals surface area contributed by atoms with Crippen LogP contribution in [-0.2, 0) is 20.6 Å². The Morgan fingerprint density at radius 1 is 1.02 bits per heavy atom. The van der Waals surface area contributed by atoms with E-state index in [2.05, 4.69) is 135 Å². The lowest BCUT2D eigenvalue weighted by molar-refractivity contribution is 0.0801. The highest BCUT2D eigenvalue weighted by Gasteiger charge is 2.50. The van der Waals surface area contributed by atoms with Crippen LogP contribution < -0.4 is 20.6 Å². The van der Waals surface area contributed by atoms with Crippen molar-refractivity contribution in [3.8, 4) is 0 Å². The summed E-state index contributed by atoms with van der Waals surface area (Å²) in [4.78, 5) is 7.48. The molecule has 0 amide bonds. The van der Waals surface area contributed by atoms with E-state index in [1.54, 1.807) is 6.20 Å². The van der Waals surface area contributed by atoms with Crippen molar-refractivity contribution in [3.63, 3.8) is 0 Å². The molecule has 0 radical (unpaired) electrons. The van der Waals surface area contributed by atoms with Crippen LogP contribution >= 0.6 is 0 Å². The lowest BCUT2D eigenvalue weighted by Crippen LogP contribution is -2.66. The number of allylic oxidation sites excluding steroid dienone is 2. The molecule has 0 bridgehead atoms. The third-order valence-corrected chi connectivity index (χ3v) is 17.6. The minimum atomic E-state index is -2.62. The number of benzene rings is 2. The summed E-state index contributed by atoms with van der Waals surface area (Å²) in [6.45, 7) is 20.1. The molecule has 6 rings (SSSR count). The Kier molecular flexibility index (Phi) is 12.7. The average molecular weight is 765 g/mol. The van der Waals surface area contributed by atoms with Gasteiger partial charge in [-0.25, -0.2) is 9.67 Å². The lowest BCUT2D eigenvalue weighted by Gasteiger charge is -2.44. The van der Waals surface area contributed by atoms with Gasteiger partial charge in [0.05, 0.1) is 25.5 Å². The molecule has 11 heteroatoms. The van der Waals surface area contributed by atoms with Gasteiger partial charge in [-0.3, -0.25) is 0 Å². The topological polar surface area (TPSA) is 97.5 Å². The summed E-state index contributed by atoms with van der Waals surface area (Å²) in [5.74, 6) is 2.73. The largest absolute Gasteiger partial charge is 0.407 e. The molecule has 1 saturated heterocycles. The maximum atomic E-state index is 8.65. The molecule has 0 saturated carbocycles. The summed E-state index contributed by atoms with van der Waals surface area (Å²) < 4.78 is 21.0. The van der Waals surface area contributed by atoms with Gasteiger partial charge >= 0.3 is 0 Å². The number of ether oxygens (including phenoxy) is 2. The van der Waals surface area contributed by atoms with E-state index in [0.717, 1.165) is 54.6 Å². The van der Waals surface area contributed by atoms with Gasteiger partial charge < -0.3 is 29.5 Å². The number of hydrogen-bond acceptors (Lipinski definition) is 8. The second-order valence-corrected chi connectivity index (χ2v) is 27.0. The molecule has 1 aliphatic carbocycles. The first-order valence-corrected chi connectivity index (χ1v) is 25.2. The Bertz CT molecular complexity index is 1830. The van der Waals surface area contributed by atoms with Crippen molar-refractivity contribution >= 4 is 56.0 Å². The molecule has 2 N–H and O–H groups in total. The van der Waals surface area contributed by atoms with Crippen LogP contribution in [0.5, 0.6) is 0 Å². The summed E-state index contributed by atoms with van der Waals surface area (Å²) >= 11 is 0. The van der Waals surface area contributed by atoms with Crippen LogP contribution in [0.25, 0.3) is 5.57 Å². The third kappa shape index (κ3) is 9.14. The van der Waals surface area contributed by atoms with Gasteiger partial charge in [-0.15, -0.1) is 0 Å². The Labute approximate surface area is 324 Å². The van der Waals surface area contributed by atoms with Crippen molar-refractivity contribution in [1.29, 1.82) is 5.41 Å². The summed E-state index contributed by atoms with van der Waals surface area (Å²) in [5.41, 5.74) is 3.09. The first-order chi connectivity index (χ1) is 25.9. The number of rotatable bonds is 15. The van der Waals surface area contributed by atoms with Crippen LogP contribution in [0.3, 0.4) is 0 Å². The predicted octanol–water partition coefficient (Wildman–Crippen LogP) is 8.32. The van der Waals surface area contributed by atoms with E-state index >= 15 is 0 Å². The Balaban J connectivity index is 1.27. The summed E-state index contributed by atoms with van der Waals surface area (Å²) in [7, 11) is -3.82. The number of nitrogens with one attached hydrogen (secondary N) is 2. The van der Waals surface area contributed by atoms with E-state index in [1.165, 1.54) is 22.2 Å². The van der Waals surface area contributed by atoms with Gasteiger partial charge in [0.2, 0.25) is 0 Å². The van der Waals surface area contributed by atoms with Crippen LogP contribution in [0.15, 0.2) is 85.1 Å². The first kappa shape index (κ1) is 39.8. The number of hydrogen-bond donors (Lipinski definition) is 2. The maximum absolute atomic E-state index is 8.65. The molecule has 2 aliphatic rings. The van der Waals surface area contributed by atoms with Gasteiger partial charge in [-0.1, -0.05) is 107 Å². The summed E-state index contributed by atoms with van der Waals surface area (Å²) in [5, 5.41) is 19.3. The van der Waals surface area contributed by atoms with Gasteiger partial charge in [0.25, 0.3) is 8.32 Å². The van der Waals surface area contributed by atoms with E-state index in [1.807, 2.05) is 10.7 Å². The number of anilines is 3. The van der Waals surface area contributed by atoms with Gasteiger partial charge in [0.1, 0.15) is 24.2 Å². The molecule has 1 fully saturated rings. The second kappa shape index (κ2) is 17.3. The van der Waals surface area contributed by atoms with Crippen molar-refractivity contribution in [2.24, 2.45) is 5.92 Å². The normalized spacial score (nSPS) is 18.4. The van der Waals surface area contributed by atoms with E-state index in [-0.39, 0.29) is 11.1 Å². The van der Waals surface area contributed by atoms with E-state index in [9.17, 15) is 0 Å². The zero-order chi connectivity index (χ0) is 38.3. The quantitative estimate of drug-likeness (QED) is 0.0714. The van der Waals surface area contributed by atoms with Gasteiger partial charge in [-0.2, -0.15) is 5.10 Å². The molecular formula is C43H60N6O3Si2. The van der Waals surface area contributed by atoms with Crippen molar-refractivity contribution in [2.45, 2.75) is 90.5 Å². The number of nitrogens with zero attached hydrogens (tertiary/aromatic N) is 4. The first-order valence-electron chi connectivity index (χ1n) is 19.6. The smallest absolute Gasteiger partial charge is 0.261 e. The highest BCUT2D eigenvalue weighted by atomic mass is 28.4. The van der Waals surface area contributed by atoms with Crippen molar-refractivity contribution in [1.82, 2.24) is 14.8 Å². The molecular weight excluding hydrogens is 705 g/mol. The molecule has 1 unspecified atom stereocenters. The molecule has 3 heterocycles. The predicted molar refractivity (Wildman–Crippen MR) is 228 cm³/mol. The Morgan fingerprint density at radius 3 is 2.31 bits per heavy atom. The lowest BCUT2D eigenvalue weighted by atomic mass is 9.85. The van der Waals surface area contributed by atoms with Crippen LogP contribution in [-0.4, -0.2) is 76.4 Å². The molecule has 2 atom stereocenters. The highest BCUT2D eigenvalue weighted by molar-refractivity contribution is 6.99. The molecule has 288 valence electrons. The molecule has 0 spiro atoms. The van der Waals surface area contributed by atoms with Crippen LogP contribution in [0, 0.1) is 11.3 Å². The molecule has 4 aromatic rings. The van der Waals surface area contributed by atoms with Crippen LogP contribution in [0.4, 0.5) is 17.5 Å². The average Bonchev–Trinajstić information content (AvgIpc) is 3.60. The number of morpholine rings is 1. The van der Waals surface area contributed by atoms with Gasteiger partial charge in [0.15, 0.2) is 0 Å². The van der Waals surface area contributed by atoms with Crippen molar-refractivity contribution in [2.75, 3.05) is 43.2 Å². The minimum Gasteiger partial charge on any atom is -0.407 e. The highest BCUT2D eigenvalue weighted by Crippen LogP contribution is 2.40. The minimum absolute atomic E-state index is 0.0623. The number of aromatic nitrogens is 3. The summed E-state index contributed by atoms with van der Waals surface area (Å²) in [6, 6.07) is 27.2. The monoisotopic (exact) mass is 764 g/mol. The fourth-order valence-electron chi connectivity index (χ4n) is 7.74. The van der Waals surface area contributed by atoms with Crippen molar-refractivity contribution < 1.29 is 13.9 Å². The molecule has 54 heavy (non-hydrogen) atoms. The van der Waals surface area contributed by atoms with E-state index in [0.29, 0.717) is 44.9 Å². The van der Waals surface area contributed by atoms with Gasteiger partial charge in [0, 0.05) is 45.7 Å². The molecule has 1 aliphatic heterocycles. The third-order valence-electron chi connectivity index (χ3n) is 10.8. The maximum Gasteiger partial charge on any atom is 0.261 e. The SMILES string of the molecule is C[C@@H]1COCCN1c1cc(C2=CCC(CO[Si](c3ccccc3)(c3ccccc3)C(C)(C)C)CC2)c(C=N)c(Nc2ccnn2COCC[Si](C)(C)C)n1. The molecule has 9 nitrogen and oxygen atoms in total. The molecule has 2 aromatic heterocycles. The number of pyridine rings is 1. The van der Waals surface area contributed by atoms with Crippen LogP contribution in [0.1, 0.15) is 58.1 Å². The summed E-state index contributed by atoms with van der Waals surface area (Å²) in [6.07, 6.45) is 8.44. The zero-order valence-corrected chi connectivity index (χ0v) is 35.4.